The number of halogens is 1. The van der Waals surface area contributed by atoms with Crippen molar-refractivity contribution < 1.29 is 17.6 Å². The summed E-state index contributed by atoms with van der Waals surface area (Å²) in [6.45, 7) is 0. The van der Waals surface area contributed by atoms with Crippen molar-refractivity contribution in [3.05, 3.63) is 53.6 Å². The molecule has 13 nitrogen and oxygen atoms in total. The Kier molecular flexibility index (Phi) is 5.41. The lowest BCUT2D eigenvalue weighted by Crippen LogP contribution is -2.56. The monoisotopic (exact) mass is 580 g/mol. The van der Waals surface area contributed by atoms with Crippen molar-refractivity contribution in [1.29, 1.82) is 0 Å². The standard InChI is InChI=1S/C26H29FN10O3S/c1-41(39,40)19-20(26(30)9-14-3-4-15(10-26)36(14)24(38)22-31-12-32-35-22)34-23-16(11-33-37(23)21(19)28)13-2-5-17(18(27)8-13)25(29)6-7-25/h2,5,8,11-12,14-15H,3-4,6-7,9-10,28-30H2,1H3,(H,31,32,35)/t14-,15?,26?/m0/s1. The molecule has 4 aromatic rings. The van der Waals surface area contributed by atoms with Gasteiger partial charge in [-0.05, 0) is 50.2 Å². The van der Waals surface area contributed by atoms with Crippen molar-refractivity contribution in [2.24, 2.45) is 11.5 Å². The molecule has 1 saturated carbocycles. The Morgan fingerprint density at radius 2 is 1.85 bits per heavy atom. The molecule has 0 radical (unpaired) electrons. The summed E-state index contributed by atoms with van der Waals surface area (Å²) in [4.78, 5) is 22.3. The van der Waals surface area contributed by atoms with Gasteiger partial charge in [0.15, 0.2) is 15.5 Å². The Bertz CT molecular complexity index is 1820. The van der Waals surface area contributed by atoms with Gasteiger partial charge in [0.2, 0.25) is 5.82 Å². The number of sulfone groups is 1. The number of nitrogens with two attached hydrogens (primary N) is 3. The van der Waals surface area contributed by atoms with E-state index in [1.54, 1.807) is 17.0 Å². The van der Waals surface area contributed by atoms with E-state index in [1.165, 1.54) is 23.1 Å². The highest BCUT2D eigenvalue weighted by Gasteiger charge is 2.52. The molecule has 2 bridgehead atoms. The Balaban J connectivity index is 1.34. The molecule has 15 heteroatoms. The molecule has 1 aliphatic carbocycles. The normalized spacial score (nSPS) is 25.1. The van der Waals surface area contributed by atoms with Crippen molar-refractivity contribution in [3.63, 3.8) is 0 Å². The Labute approximate surface area is 234 Å². The van der Waals surface area contributed by atoms with E-state index in [2.05, 4.69) is 20.3 Å². The minimum absolute atomic E-state index is 0.117. The lowest BCUT2D eigenvalue weighted by atomic mass is 9.80. The first kappa shape index (κ1) is 26.0. The van der Waals surface area contributed by atoms with Gasteiger partial charge in [-0.15, -0.1) is 10.2 Å². The van der Waals surface area contributed by atoms with Crippen LogP contribution in [-0.4, -0.2) is 67.3 Å². The van der Waals surface area contributed by atoms with Crippen molar-refractivity contribution in [2.75, 3.05) is 12.0 Å². The summed E-state index contributed by atoms with van der Waals surface area (Å²) in [6, 6.07) is 4.27. The number of rotatable bonds is 5. The van der Waals surface area contributed by atoms with E-state index >= 15 is 4.39 Å². The lowest BCUT2D eigenvalue weighted by Gasteiger charge is -2.44. The molecular weight excluding hydrogens is 551 g/mol. The molecule has 41 heavy (non-hydrogen) atoms. The summed E-state index contributed by atoms with van der Waals surface area (Å²) in [5, 5.41) is 11.9. The van der Waals surface area contributed by atoms with Crippen molar-refractivity contribution in [2.45, 2.75) is 66.6 Å². The van der Waals surface area contributed by atoms with Crippen LogP contribution in [0.4, 0.5) is 10.2 Å². The van der Waals surface area contributed by atoms with Crippen LogP contribution >= 0.6 is 0 Å². The van der Waals surface area contributed by atoms with E-state index in [-0.39, 0.29) is 58.7 Å². The SMILES string of the molecule is CS(=O)(=O)c1c(C2(N)CC3CC[C@@H](C2)N3C(=O)c2nnc[nH]2)nc2c(-c3ccc(C4(N)CC4)c(F)c3)cnn2c1N. The Morgan fingerprint density at radius 1 is 1.15 bits per heavy atom. The molecule has 0 spiro atoms. The van der Waals surface area contributed by atoms with E-state index in [4.69, 9.17) is 22.2 Å². The Morgan fingerprint density at radius 3 is 2.44 bits per heavy atom. The maximum Gasteiger partial charge on any atom is 0.292 e. The minimum Gasteiger partial charge on any atom is -0.382 e. The van der Waals surface area contributed by atoms with Crippen molar-refractivity contribution >= 4 is 27.2 Å². The highest BCUT2D eigenvalue weighted by Crippen LogP contribution is 2.47. The molecule has 1 aromatic carbocycles. The average molecular weight is 581 g/mol. The number of carbonyl (C=O) groups excluding carboxylic acids is 1. The van der Waals surface area contributed by atoms with E-state index in [0.717, 1.165) is 19.1 Å². The first-order chi connectivity index (χ1) is 19.4. The topological polar surface area (TPSA) is 204 Å². The molecule has 2 saturated heterocycles. The van der Waals surface area contributed by atoms with E-state index in [1.807, 2.05) is 0 Å². The van der Waals surface area contributed by atoms with Crippen LogP contribution in [0.15, 0.2) is 35.6 Å². The predicted molar refractivity (Wildman–Crippen MR) is 145 cm³/mol. The van der Waals surface area contributed by atoms with Crippen molar-refractivity contribution in [3.8, 4) is 11.1 Å². The van der Waals surface area contributed by atoms with E-state index in [9.17, 15) is 13.2 Å². The number of piperidine rings is 1. The summed E-state index contributed by atoms with van der Waals surface area (Å²) in [7, 11) is -3.91. The zero-order chi connectivity index (χ0) is 28.9. The summed E-state index contributed by atoms with van der Waals surface area (Å²) >= 11 is 0. The summed E-state index contributed by atoms with van der Waals surface area (Å²) in [5.74, 6) is -0.709. The van der Waals surface area contributed by atoms with Crippen LogP contribution in [0.25, 0.3) is 16.8 Å². The second kappa shape index (κ2) is 8.53. The first-order valence-electron chi connectivity index (χ1n) is 13.3. The number of fused-ring (bicyclic) bond motifs is 3. The highest BCUT2D eigenvalue weighted by atomic mass is 32.2. The fraction of sp³-hybridized carbons (Fsp3) is 0.423. The number of nitrogens with one attached hydrogen (secondary N) is 1. The van der Waals surface area contributed by atoms with Gasteiger partial charge < -0.3 is 27.1 Å². The van der Waals surface area contributed by atoms with Crippen LogP contribution in [0.1, 0.15) is 60.4 Å². The number of nitrogens with zero attached hydrogens (tertiary/aromatic N) is 6. The number of hydrogen-bond donors (Lipinski definition) is 4. The largest absolute Gasteiger partial charge is 0.382 e. The number of aromatic amines is 1. The van der Waals surface area contributed by atoms with Gasteiger partial charge in [0.25, 0.3) is 5.91 Å². The maximum atomic E-state index is 15.1. The van der Waals surface area contributed by atoms with Crippen LogP contribution in [0.5, 0.6) is 0 Å². The number of aromatic nitrogens is 6. The number of anilines is 1. The van der Waals surface area contributed by atoms with E-state index < -0.39 is 26.7 Å². The zero-order valence-corrected chi connectivity index (χ0v) is 23.0. The highest BCUT2D eigenvalue weighted by molar-refractivity contribution is 7.91. The lowest BCUT2D eigenvalue weighted by molar-refractivity contribution is 0.0459. The molecule has 214 valence electrons. The molecule has 3 aliphatic rings. The molecule has 1 amide bonds. The molecule has 3 fully saturated rings. The average Bonchev–Trinajstić information content (AvgIpc) is 3.28. The van der Waals surface area contributed by atoms with Crippen LogP contribution < -0.4 is 17.2 Å². The predicted octanol–water partition coefficient (Wildman–Crippen LogP) is 1.21. The number of amides is 1. The van der Waals surface area contributed by atoms with Gasteiger partial charge in [-0.3, -0.25) is 4.79 Å². The van der Waals surface area contributed by atoms with Gasteiger partial charge in [0.1, 0.15) is 22.9 Å². The second-order valence-electron chi connectivity index (χ2n) is 11.6. The number of H-pyrrole nitrogens is 1. The molecule has 5 heterocycles. The van der Waals surface area contributed by atoms with Crippen molar-refractivity contribution in [1.82, 2.24) is 34.7 Å². The molecule has 2 aliphatic heterocycles. The van der Waals surface area contributed by atoms with E-state index in [0.29, 0.717) is 29.5 Å². The van der Waals surface area contributed by atoms with Crippen LogP contribution in [0.2, 0.25) is 0 Å². The number of carbonyl (C=O) groups is 1. The van der Waals surface area contributed by atoms with Crippen LogP contribution in [0, 0.1) is 5.82 Å². The third-order valence-electron chi connectivity index (χ3n) is 8.76. The fourth-order valence-electron chi connectivity index (χ4n) is 6.64. The first-order valence-corrected chi connectivity index (χ1v) is 15.2. The summed E-state index contributed by atoms with van der Waals surface area (Å²) in [6.07, 6.45) is 7.23. The molecule has 3 aromatic heterocycles. The molecule has 2 unspecified atom stereocenters. The third-order valence-corrected chi connectivity index (χ3v) is 9.90. The second-order valence-corrected chi connectivity index (χ2v) is 13.5. The van der Waals surface area contributed by atoms with Gasteiger partial charge in [0, 0.05) is 35.0 Å². The summed E-state index contributed by atoms with van der Waals surface area (Å²) in [5.41, 5.74) is 19.6. The van der Waals surface area contributed by atoms with Gasteiger partial charge >= 0.3 is 0 Å². The molecule has 7 N–H and O–H groups in total. The smallest absolute Gasteiger partial charge is 0.292 e. The van der Waals surface area contributed by atoms with Gasteiger partial charge in [0.05, 0.1) is 17.4 Å². The van der Waals surface area contributed by atoms with Crippen LogP contribution in [0.3, 0.4) is 0 Å². The molecule has 3 atom stereocenters. The van der Waals surface area contributed by atoms with Gasteiger partial charge in [-0.2, -0.15) is 9.61 Å². The quantitative estimate of drug-likeness (QED) is 0.265. The van der Waals surface area contributed by atoms with Crippen LogP contribution in [-0.2, 0) is 20.9 Å². The minimum atomic E-state index is -3.91. The molecule has 7 rings (SSSR count). The van der Waals surface area contributed by atoms with Gasteiger partial charge in [-0.1, -0.05) is 12.1 Å². The number of hydrogen-bond acceptors (Lipinski definition) is 10. The third kappa shape index (κ3) is 3.94. The number of benzene rings is 1. The Hall–Kier alpha value is -3.95. The molecular formula is C26H29FN10O3S. The number of nitrogen functional groups attached to an aromatic ring is 1. The fourth-order valence-corrected chi connectivity index (χ4v) is 7.71. The maximum absolute atomic E-state index is 15.1. The summed E-state index contributed by atoms with van der Waals surface area (Å²) < 4.78 is 42.6. The zero-order valence-electron chi connectivity index (χ0n) is 22.2. The van der Waals surface area contributed by atoms with Gasteiger partial charge in [-0.25, -0.2) is 17.8 Å².